The number of carbonyl (C=O) groups excluding carboxylic acids is 1. The van der Waals surface area contributed by atoms with Crippen LogP contribution in [0.5, 0.6) is 0 Å². The van der Waals surface area contributed by atoms with E-state index in [1.807, 2.05) is 92.0 Å². The molecule has 1 aliphatic rings. The summed E-state index contributed by atoms with van der Waals surface area (Å²) in [4.78, 5) is 15.6. The molecule has 0 spiro atoms. The lowest BCUT2D eigenvalue weighted by molar-refractivity contribution is 0.0928. The number of likely N-dealkylation sites (N-methyl/N-ethyl adjacent to an activating group) is 1. The van der Waals surface area contributed by atoms with Gasteiger partial charge in [0.15, 0.2) is 11.3 Å². The zero-order chi connectivity index (χ0) is 15.9. The molecule has 23 heavy (non-hydrogen) atoms. The lowest BCUT2D eigenvalue weighted by Gasteiger charge is -2.37. The Labute approximate surface area is 136 Å². The lowest BCUT2D eigenvalue weighted by Crippen LogP contribution is -2.46. The minimum atomic E-state index is -0.799. The number of anilines is 1. The molecule has 2 nitrogen and oxygen atoms in total. The van der Waals surface area contributed by atoms with E-state index in [-0.39, 0.29) is 5.78 Å². The summed E-state index contributed by atoms with van der Waals surface area (Å²) < 4.78 is 0. The maximum atomic E-state index is 13.5. The SMILES string of the molecule is CN1c2ccccc2C(=O)C1(c1ccccc1)c1ccccc1. The summed E-state index contributed by atoms with van der Waals surface area (Å²) in [5, 5.41) is 0. The number of fused-ring (bicyclic) bond motifs is 1. The number of benzene rings is 3. The molecule has 2 heteroatoms. The molecular weight excluding hydrogens is 282 g/mol. The van der Waals surface area contributed by atoms with Crippen molar-refractivity contribution >= 4 is 11.5 Å². The predicted octanol–water partition coefficient (Wildman–Crippen LogP) is 4.26. The van der Waals surface area contributed by atoms with Crippen molar-refractivity contribution in [2.45, 2.75) is 5.54 Å². The molecule has 0 radical (unpaired) electrons. The highest BCUT2D eigenvalue weighted by Crippen LogP contribution is 2.47. The van der Waals surface area contributed by atoms with Crippen LogP contribution in [0.25, 0.3) is 0 Å². The smallest absolute Gasteiger partial charge is 0.199 e. The molecule has 1 aliphatic heterocycles. The van der Waals surface area contributed by atoms with Crippen LogP contribution in [0.1, 0.15) is 21.5 Å². The molecule has 3 aromatic carbocycles. The molecular formula is C21H17NO. The van der Waals surface area contributed by atoms with E-state index in [2.05, 4.69) is 4.90 Å². The average molecular weight is 299 g/mol. The minimum Gasteiger partial charge on any atom is -0.354 e. The van der Waals surface area contributed by atoms with Gasteiger partial charge in [0.05, 0.1) is 0 Å². The minimum absolute atomic E-state index is 0.132. The van der Waals surface area contributed by atoms with Gasteiger partial charge in [-0.2, -0.15) is 0 Å². The molecule has 4 rings (SSSR count). The van der Waals surface area contributed by atoms with Gasteiger partial charge in [-0.3, -0.25) is 4.79 Å². The molecule has 0 aromatic heterocycles. The second kappa shape index (κ2) is 5.10. The molecule has 3 aromatic rings. The Hall–Kier alpha value is -2.87. The van der Waals surface area contributed by atoms with E-state index < -0.39 is 5.54 Å². The number of nitrogens with zero attached hydrogens (tertiary/aromatic N) is 1. The monoisotopic (exact) mass is 299 g/mol. The van der Waals surface area contributed by atoms with Gasteiger partial charge in [0.1, 0.15) is 0 Å². The number of rotatable bonds is 2. The Morgan fingerprint density at radius 3 is 1.70 bits per heavy atom. The highest BCUT2D eigenvalue weighted by Gasteiger charge is 2.51. The van der Waals surface area contributed by atoms with Gasteiger partial charge in [0, 0.05) is 18.3 Å². The summed E-state index contributed by atoms with van der Waals surface area (Å²) in [6.45, 7) is 0. The van der Waals surface area contributed by atoms with Gasteiger partial charge in [0.2, 0.25) is 0 Å². The van der Waals surface area contributed by atoms with E-state index >= 15 is 0 Å². The van der Waals surface area contributed by atoms with Gasteiger partial charge in [-0.05, 0) is 23.3 Å². The van der Waals surface area contributed by atoms with Gasteiger partial charge in [-0.25, -0.2) is 0 Å². The summed E-state index contributed by atoms with van der Waals surface area (Å²) in [5.74, 6) is 0.132. The summed E-state index contributed by atoms with van der Waals surface area (Å²) >= 11 is 0. The van der Waals surface area contributed by atoms with Gasteiger partial charge >= 0.3 is 0 Å². The van der Waals surface area contributed by atoms with Gasteiger partial charge in [-0.1, -0.05) is 72.8 Å². The fraction of sp³-hybridized carbons (Fsp3) is 0.0952. The molecule has 0 amide bonds. The molecule has 0 bridgehead atoms. The quantitative estimate of drug-likeness (QED) is 0.704. The molecule has 0 unspecified atom stereocenters. The third-order valence-corrected chi connectivity index (χ3v) is 4.72. The van der Waals surface area contributed by atoms with E-state index in [1.54, 1.807) is 0 Å². The molecule has 0 fully saturated rings. The Kier molecular flexibility index (Phi) is 3.05. The predicted molar refractivity (Wildman–Crippen MR) is 92.8 cm³/mol. The molecule has 112 valence electrons. The summed E-state index contributed by atoms with van der Waals surface area (Å²) in [6, 6.07) is 27.9. The van der Waals surface area contributed by atoms with Crippen molar-refractivity contribution in [3.05, 3.63) is 102 Å². The normalized spacial score (nSPS) is 15.5. The first kappa shape index (κ1) is 13.8. The number of hydrogen-bond donors (Lipinski definition) is 0. The molecule has 0 N–H and O–H groups in total. The third kappa shape index (κ3) is 1.78. The van der Waals surface area contributed by atoms with Crippen molar-refractivity contribution in [1.82, 2.24) is 0 Å². The molecule has 1 heterocycles. The van der Waals surface area contributed by atoms with Crippen molar-refractivity contribution in [2.24, 2.45) is 0 Å². The van der Waals surface area contributed by atoms with Crippen LogP contribution in [0, 0.1) is 0 Å². The van der Waals surface area contributed by atoms with Crippen LogP contribution in [0.4, 0.5) is 5.69 Å². The first-order chi connectivity index (χ1) is 11.3. The van der Waals surface area contributed by atoms with Crippen molar-refractivity contribution in [3.8, 4) is 0 Å². The van der Waals surface area contributed by atoms with E-state index in [1.165, 1.54) is 0 Å². The molecule has 0 saturated heterocycles. The first-order valence-corrected chi connectivity index (χ1v) is 7.75. The second-order valence-electron chi connectivity index (χ2n) is 5.85. The Morgan fingerprint density at radius 2 is 1.17 bits per heavy atom. The van der Waals surface area contributed by atoms with E-state index in [9.17, 15) is 4.79 Å². The first-order valence-electron chi connectivity index (χ1n) is 7.75. The maximum absolute atomic E-state index is 13.5. The molecule has 0 aliphatic carbocycles. The highest BCUT2D eigenvalue weighted by molar-refractivity contribution is 6.16. The summed E-state index contributed by atoms with van der Waals surface area (Å²) in [6.07, 6.45) is 0. The van der Waals surface area contributed by atoms with Gasteiger partial charge in [0.25, 0.3) is 0 Å². The topological polar surface area (TPSA) is 20.3 Å². The number of hydrogen-bond acceptors (Lipinski definition) is 2. The Balaban J connectivity index is 2.05. The Morgan fingerprint density at radius 1 is 0.696 bits per heavy atom. The van der Waals surface area contributed by atoms with E-state index in [0.29, 0.717) is 0 Å². The average Bonchev–Trinajstić information content (AvgIpc) is 2.86. The number of para-hydroxylation sites is 1. The van der Waals surface area contributed by atoms with Crippen molar-refractivity contribution in [2.75, 3.05) is 11.9 Å². The summed E-state index contributed by atoms with van der Waals surface area (Å²) in [5.41, 5.74) is 2.95. The molecule has 0 saturated carbocycles. The van der Waals surface area contributed by atoms with Crippen molar-refractivity contribution in [1.29, 1.82) is 0 Å². The standard InChI is InChI=1S/C21H17NO/c1-22-19-15-9-8-14-18(19)20(23)21(22,16-10-4-2-5-11-16)17-12-6-3-7-13-17/h2-15H,1H3. The number of ketones is 1. The fourth-order valence-corrected chi connectivity index (χ4v) is 3.66. The van der Waals surface area contributed by atoms with Crippen LogP contribution in [-0.4, -0.2) is 12.8 Å². The molecule has 0 atom stereocenters. The second-order valence-corrected chi connectivity index (χ2v) is 5.85. The van der Waals surface area contributed by atoms with Gasteiger partial charge < -0.3 is 4.90 Å². The van der Waals surface area contributed by atoms with Gasteiger partial charge in [-0.15, -0.1) is 0 Å². The zero-order valence-electron chi connectivity index (χ0n) is 12.9. The zero-order valence-corrected chi connectivity index (χ0v) is 12.9. The van der Waals surface area contributed by atoms with Crippen LogP contribution >= 0.6 is 0 Å². The van der Waals surface area contributed by atoms with Crippen LogP contribution in [0.3, 0.4) is 0 Å². The largest absolute Gasteiger partial charge is 0.354 e. The van der Waals surface area contributed by atoms with Crippen LogP contribution < -0.4 is 4.90 Å². The van der Waals surface area contributed by atoms with Crippen molar-refractivity contribution < 1.29 is 4.79 Å². The fourth-order valence-electron chi connectivity index (χ4n) is 3.66. The van der Waals surface area contributed by atoms with Crippen LogP contribution in [0.2, 0.25) is 0 Å². The lowest BCUT2D eigenvalue weighted by atomic mass is 9.79. The maximum Gasteiger partial charge on any atom is 0.199 e. The number of Topliss-reactive ketones (excluding diaryl/α,β-unsaturated/α-hetero) is 1. The van der Waals surface area contributed by atoms with E-state index in [0.717, 1.165) is 22.4 Å². The summed E-state index contributed by atoms with van der Waals surface area (Å²) in [7, 11) is 2.00. The van der Waals surface area contributed by atoms with Crippen molar-refractivity contribution in [3.63, 3.8) is 0 Å². The van der Waals surface area contributed by atoms with Crippen LogP contribution in [0.15, 0.2) is 84.9 Å². The third-order valence-electron chi connectivity index (χ3n) is 4.72. The van der Waals surface area contributed by atoms with E-state index in [4.69, 9.17) is 0 Å². The highest BCUT2D eigenvalue weighted by atomic mass is 16.1. The Bertz CT molecular complexity index is 816. The number of carbonyl (C=O) groups is 1. The van der Waals surface area contributed by atoms with Crippen LogP contribution in [-0.2, 0) is 5.54 Å².